The molecular weight excluding hydrogens is 206 g/mol. The minimum atomic E-state index is 0.539. The second-order valence-electron chi connectivity index (χ2n) is 6.85. The largest absolute Gasteiger partial charge is 0.257 e. The van der Waals surface area contributed by atoms with E-state index in [0.29, 0.717) is 5.41 Å². The van der Waals surface area contributed by atoms with Crippen LogP contribution in [0.1, 0.15) is 61.5 Å². The first-order chi connectivity index (χ1) is 8.16. The smallest absolute Gasteiger partial charge is 0.0445 e. The molecule has 5 rings (SSSR count). The summed E-state index contributed by atoms with van der Waals surface area (Å²) in [4.78, 5) is 5.00. The molecule has 2 bridgehead atoms. The molecule has 1 nitrogen and oxygen atoms in total. The third-order valence-corrected chi connectivity index (χ3v) is 5.70. The Morgan fingerprint density at radius 2 is 2.00 bits per heavy atom. The minimum absolute atomic E-state index is 0.539. The summed E-state index contributed by atoms with van der Waals surface area (Å²) in [7, 11) is 0. The van der Waals surface area contributed by atoms with E-state index in [4.69, 9.17) is 4.98 Å². The molecular formula is C16H21N. The van der Waals surface area contributed by atoms with Crippen molar-refractivity contribution < 1.29 is 0 Å². The van der Waals surface area contributed by atoms with Gasteiger partial charge in [0.1, 0.15) is 0 Å². The van der Waals surface area contributed by atoms with Gasteiger partial charge in [-0.05, 0) is 66.9 Å². The molecule has 0 aliphatic heterocycles. The Balaban J connectivity index is 1.84. The SMILES string of the molecule is CC1(C)[C@@H]2Cc3nc4c(cc3[C@H]1C2)CCCC4. The molecule has 0 saturated heterocycles. The molecule has 17 heavy (non-hydrogen) atoms. The van der Waals surface area contributed by atoms with Gasteiger partial charge < -0.3 is 0 Å². The van der Waals surface area contributed by atoms with Gasteiger partial charge in [0.2, 0.25) is 0 Å². The maximum absolute atomic E-state index is 5.00. The van der Waals surface area contributed by atoms with Gasteiger partial charge in [0.05, 0.1) is 0 Å². The highest BCUT2D eigenvalue weighted by Crippen LogP contribution is 2.62. The Kier molecular flexibility index (Phi) is 1.86. The quantitative estimate of drug-likeness (QED) is 0.659. The van der Waals surface area contributed by atoms with Gasteiger partial charge in [-0.3, -0.25) is 4.98 Å². The molecule has 1 heterocycles. The molecule has 1 aromatic rings. The highest BCUT2D eigenvalue weighted by Gasteiger charge is 2.52. The number of pyridine rings is 1. The van der Waals surface area contributed by atoms with Crippen molar-refractivity contribution in [2.45, 2.75) is 58.3 Å². The average Bonchev–Trinajstić information content (AvgIpc) is 2.35. The lowest BCUT2D eigenvalue weighted by Crippen LogP contribution is -2.48. The molecule has 0 unspecified atom stereocenters. The van der Waals surface area contributed by atoms with Crippen LogP contribution in [0.2, 0.25) is 0 Å². The standard InChI is InChI=1S/C16H21N/c1-16(2)11-8-13(16)12-7-10-5-3-4-6-14(10)17-15(12)9-11/h7,11,13H,3-6,8-9H2,1-2H3/t11-,13+/m0/s1. The van der Waals surface area contributed by atoms with E-state index >= 15 is 0 Å². The van der Waals surface area contributed by atoms with Crippen LogP contribution >= 0.6 is 0 Å². The summed E-state index contributed by atoms with van der Waals surface area (Å²) in [5.41, 5.74) is 6.59. The van der Waals surface area contributed by atoms with E-state index in [2.05, 4.69) is 19.9 Å². The van der Waals surface area contributed by atoms with E-state index in [1.807, 2.05) is 0 Å². The third-order valence-electron chi connectivity index (χ3n) is 5.70. The van der Waals surface area contributed by atoms with Crippen molar-refractivity contribution in [2.75, 3.05) is 0 Å². The molecule has 1 heteroatoms. The lowest BCUT2D eigenvalue weighted by molar-refractivity contribution is 0.0167. The molecule has 0 radical (unpaired) electrons. The predicted molar refractivity (Wildman–Crippen MR) is 69.2 cm³/mol. The number of hydrogen-bond donors (Lipinski definition) is 0. The lowest BCUT2D eigenvalue weighted by Gasteiger charge is -2.57. The molecule has 4 aliphatic rings. The minimum Gasteiger partial charge on any atom is -0.257 e. The Morgan fingerprint density at radius 3 is 2.82 bits per heavy atom. The summed E-state index contributed by atoms with van der Waals surface area (Å²) in [6.07, 6.45) is 7.86. The summed E-state index contributed by atoms with van der Waals surface area (Å²) in [5, 5.41) is 0. The zero-order chi connectivity index (χ0) is 11.6. The van der Waals surface area contributed by atoms with E-state index in [0.717, 1.165) is 11.8 Å². The van der Waals surface area contributed by atoms with Crippen LogP contribution in [0.15, 0.2) is 6.07 Å². The van der Waals surface area contributed by atoms with E-state index in [-0.39, 0.29) is 0 Å². The maximum Gasteiger partial charge on any atom is 0.0445 e. The highest BCUT2D eigenvalue weighted by molar-refractivity contribution is 5.41. The van der Waals surface area contributed by atoms with Crippen LogP contribution in [-0.4, -0.2) is 4.98 Å². The van der Waals surface area contributed by atoms with Crippen molar-refractivity contribution in [1.82, 2.24) is 4.98 Å². The van der Waals surface area contributed by atoms with Crippen molar-refractivity contribution in [2.24, 2.45) is 11.3 Å². The van der Waals surface area contributed by atoms with Crippen molar-refractivity contribution in [3.05, 3.63) is 28.6 Å². The van der Waals surface area contributed by atoms with Crippen LogP contribution in [-0.2, 0) is 19.3 Å². The molecule has 1 fully saturated rings. The Morgan fingerprint density at radius 1 is 1.18 bits per heavy atom. The monoisotopic (exact) mass is 227 g/mol. The van der Waals surface area contributed by atoms with Gasteiger partial charge in [-0.25, -0.2) is 0 Å². The summed E-state index contributed by atoms with van der Waals surface area (Å²) in [5.74, 6) is 1.70. The van der Waals surface area contributed by atoms with Gasteiger partial charge in [-0.1, -0.05) is 19.9 Å². The Bertz CT molecular complexity index is 487. The first-order valence-electron chi connectivity index (χ1n) is 7.18. The molecule has 0 spiro atoms. The number of aryl methyl sites for hydroxylation is 2. The fourth-order valence-electron chi connectivity index (χ4n) is 4.28. The van der Waals surface area contributed by atoms with Gasteiger partial charge in [-0.2, -0.15) is 0 Å². The van der Waals surface area contributed by atoms with Crippen LogP contribution in [0.25, 0.3) is 0 Å². The second kappa shape index (κ2) is 3.13. The van der Waals surface area contributed by atoms with Crippen LogP contribution in [0.3, 0.4) is 0 Å². The van der Waals surface area contributed by atoms with E-state index in [1.54, 1.807) is 11.1 Å². The van der Waals surface area contributed by atoms with Crippen molar-refractivity contribution in [3.8, 4) is 0 Å². The normalized spacial score (nSPS) is 32.4. The summed E-state index contributed by atoms with van der Waals surface area (Å²) in [6.45, 7) is 4.91. The van der Waals surface area contributed by atoms with Gasteiger partial charge in [0.25, 0.3) is 0 Å². The number of rotatable bonds is 0. The lowest BCUT2D eigenvalue weighted by atomic mass is 9.48. The van der Waals surface area contributed by atoms with E-state index < -0.39 is 0 Å². The summed E-state index contributed by atoms with van der Waals surface area (Å²) in [6, 6.07) is 2.53. The van der Waals surface area contributed by atoms with Crippen molar-refractivity contribution in [1.29, 1.82) is 0 Å². The molecule has 0 aromatic carbocycles. The topological polar surface area (TPSA) is 12.9 Å². The van der Waals surface area contributed by atoms with Gasteiger partial charge in [0, 0.05) is 11.4 Å². The molecule has 0 N–H and O–H groups in total. The summed E-state index contributed by atoms with van der Waals surface area (Å²) < 4.78 is 0. The predicted octanol–water partition coefficient (Wildman–Crippen LogP) is 3.65. The fraction of sp³-hybridized carbons (Fsp3) is 0.688. The number of aromatic nitrogens is 1. The van der Waals surface area contributed by atoms with Crippen molar-refractivity contribution in [3.63, 3.8) is 0 Å². The molecule has 90 valence electrons. The first-order valence-corrected chi connectivity index (χ1v) is 7.18. The molecule has 0 amide bonds. The molecule has 1 saturated carbocycles. The maximum atomic E-state index is 5.00. The fourth-order valence-corrected chi connectivity index (χ4v) is 4.28. The zero-order valence-corrected chi connectivity index (χ0v) is 10.9. The highest BCUT2D eigenvalue weighted by atomic mass is 14.8. The van der Waals surface area contributed by atoms with E-state index in [1.165, 1.54) is 49.9 Å². The van der Waals surface area contributed by atoms with Crippen LogP contribution in [0.5, 0.6) is 0 Å². The third kappa shape index (κ3) is 1.23. The van der Waals surface area contributed by atoms with Gasteiger partial charge in [-0.15, -0.1) is 0 Å². The number of hydrogen-bond acceptors (Lipinski definition) is 1. The van der Waals surface area contributed by atoms with Gasteiger partial charge >= 0.3 is 0 Å². The number of nitrogens with zero attached hydrogens (tertiary/aromatic N) is 1. The second-order valence-corrected chi connectivity index (χ2v) is 6.85. The first kappa shape index (κ1) is 10.1. The van der Waals surface area contributed by atoms with Gasteiger partial charge in [0.15, 0.2) is 0 Å². The van der Waals surface area contributed by atoms with Crippen LogP contribution in [0.4, 0.5) is 0 Å². The Hall–Kier alpha value is -0.850. The van der Waals surface area contributed by atoms with Crippen molar-refractivity contribution >= 4 is 0 Å². The number of fused-ring (bicyclic) bond motifs is 1. The average molecular weight is 227 g/mol. The van der Waals surface area contributed by atoms with Crippen LogP contribution in [0, 0.1) is 11.3 Å². The molecule has 2 atom stereocenters. The summed E-state index contributed by atoms with van der Waals surface area (Å²) >= 11 is 0. The zero-order valence-electron chi connectivity index (χ0n) is 10.9. The Labute approximate surface area is 104 Å². The van der Waals surface area contributed by atoms with Crippen LogP contribution < -0.4 is 0 Å². The molecule has 4 aliphatic carbocycles. The molecule has 1 aromatic heterocycles. The van der Waals surface area contributed by atoms with E-state index in [9.17, 15) is 0 Å².